The Balaban J connectivity index is 5.23. The van der Waals surface area contributed by atoms with Crippen molar-refractivity contribution >= 4 is 39.5 Å². The largest absolute Gasteiger partial charge is 0.472 e. The van der Waals surface area contributed by atoms with Gasteiger partial charge in [0.1, 0.15) is 19.3 Å². The predicted octanol–water partition coefficient (Wildman–Crippen LogP) is 20.4. The number of phosphoric ester groups is 2. The van der Waals surface area contributed by atoms with Crippen LogP contribution in [-0.2, 0) is 65.4 Å². The molecule has 0 rings (SSSR count). The molecule has 0 aromatic rings. The number of rotatable bonds is 70. The van der Waals surface area contributed by atoms with Crippen molar-refractivity contribution in [3.8, 4) is 0 Å². The molecule has 3 unspecified atom stereocenters. The van der Waals surface area contributed by atoms with Crippen molar-refractivity contribution in [1.29, 1.82) is 0 Å². The molecule has 0 heterocycles. The summed E-state index contributed by atoms with van der Waals surface area (Å²) in [6, 6.07) is 0. The van der Waals surface area contributed by atoms with E-state index in [0.29, 0.717) is 25.7 Å². The molecule has 0 aliphatic rings. The number of hydrogen-bond donors (Lipinski definition) is 3. The van der Waals surface area contributed by atoms with Gasteiger partial charge in [-0.1, -0.05) is 311 Å². The fraction of sp³-hybridized carbons (Fsp3) is 0.944. The van der Waals surface area contributed by atoms with Crippen LogP contribution in [0.25, 0.3) is 0 Å². The molecule has 0 aliphatic heterocycles. The van der Waals surface area contributed by atoms with Crippen molar-refractivity contribution in [2.45, 2.75) is 381 Å². The molecule has 0 spiro atoms. The normalized spacial score (nSPS) is 14.4. The minimum atomic E-state index is -4.95. The molecular formula is C71H138O17P2. The van der Waals surface area contributed by atoms with Crippen LogP contribution in [0.15, 0.2) is 0 Å². The van der Waals surface area contributed by atoms with Crippen LogP contribution in [0.1, 0.15) is 363 Å². The number of carbonyl (C=O) groups excluding carboxylic acids is 4. The second-order valence-corrected chi connectivity index (χ2v) is 29.3. The van der Waals surface area contributed by atoms with Crippen LogP contribution in [0.4, 0.5) is 0 Å². The molecule has 90 heavy (non-hydrogen) atoms. The zero-order chi connectivity index (χ0) is 66.5. The Morgan fingerprint density at radius 3 is 0.844 bits per heavy atom. The first kappa shape index (κ1) is 88.1. The van der Waals surface area contributed by atoms with Gasteiger partial charge in [-0.3, -0.25) is 37.3 Å². The maximum absolute atomic E-state index is 13.0. The van der Waals surface area contributed by atoms with Crippen LogP contribution < -0.4 is 0 Å². The van der Waals surface area contributed by atoms with E-state index in [1.165, 1.54) is 173 Å². The van der Waals surface area contributed by atoms with E-state index in [2.05, 4.69) is 41.5 Å². The number of hydrogen-bond acceptors (Lipinski definition) is 15. The summed E-state index contributed by atoms with van der Waals surface area (Å²) in [6.07, 6.45) is 48.5. The van der Waals surface area contributed by atoms with E-state index < -0.39 is 97.5 Å². The zero-order valence-electron chi connectivity index (χ0n) is 58.4. The number of ether oxygens (including phenoxy) is 4. The lowest BCUT2D eigenvalue weighted by atomic mass is 9.99. The molecule has 0 aromatic heterocycles. The van der Waals surface area contributed by atoms with Gasteiger partial charge in [-0.15, -0.1) is 0 Å². The van der Waals surface area contributed by atoms with Crippen LogP contribution in [0, 0.1) is 11.8 Å². The van der Waals surface area contributed by atoms with E-state index in [1.807, 2.05) is 0 Å². The second-order valence-electron chi connectivity index (χ2n) is 26.3. The van der Waals surface area contributed by atoms with Gasteiger partial charge in [-0.05, 0) is 37.5 Å². The fourth-order valence-electron chi connectivity index (χ4n) is 10.7. The minimum absolute atomic E-state index is 0.106. The van der Waals surface area contributed by atoms with Gasteiger partial charge in [0.15, 0.2) is 12.2 Å². The summed E-state index contributed by atoms with van der Waals surface area (Å²) >= 11 is 0. The Labute approximate surface area is 549 Å². The Morgan fingerprint density at radius 1 is 0.322 bits per heavy atom. The molecule has 3 N–H and O–H groups in total. The molecule has 0 aromatic carbocycles. The number of aliphatic hydroxyl groups is 1. The van der Waals surface area contributed by atoms with E-state index in [0.717, 1.165) is 108 Å². The lowest BCUT2D eigenvalue weighted by molar-refractivity contribution is -0.161. The van der Waals surface area contributed by atoms with Gasteiger partial charge in [-0.2, -0.15) is 0 Å². The van der Waals surface area contributed by atoms with Crippen LogP contribution in [0.2, 0.25) is 0 Å². The third kappa shape index (κ3) is 63.5. The molecule has 0 bridgehead atoms. The number of carbonyl (C=O) groups is 4. The minimum Gasteiger partial charge on any atom is -0.462 e. The van der Waals surface area contributed by atoms with E-state index >= 15 is 0 Å². The Kier molecular flexibility index (Phi) is 61.8. The van der Waals surface area contributed by atoms with Crippen molar-refractivity contribution in [1.82, 2.24) is 0 Å². The third-order valence-corrected chi connectivity index (χ3v) is 18.7. The smallest absolute Gasteiger partial charge is 0.462 e. The monoisotopic (exact) mass is 1320 g/mol. The number of esters is 4. The standard InChI is InChI=1S/C71H138O17P2/c1-7-10-12-14-16-18-19-20-21-22-23-31-37-43-49-55-70(75)88-67(60-82-69(74)54-48-42-36-30-27-25-29-34-40-46-52-64(6)9-3)62-86-90(79,80)84-58-65(72)57-83-89(77,78)85-61-66(59-81-68(73)53-47-41-35-17-15-13-11-8-2)87-71(76)56-50-44-38-32-26-24-28-33-39-45-51-63(4)5/h63-67,72H,7-62H2,1-6H3,(H,77,78)(H,79,80)/t64?,65-,66+,67+/m0/s1. The molecule has 0 saturated carbocycles. The van der Waals surface area contributed by atoms with Gasteiger partial charge in [0.25, 0.3) is 0 Å². The first-order valence-corrected chi connectivity index (χ1v) is 40.0. The van der Waals surface area contributed by atoms with E-state index in [-0.39, 0.29) is 25.7 Å². The first-order valence-electron chi connectivity index (χ1n) is 37.0. The molecule has 0 aliphatic carbocycles. The summed E-state index contributed by atoms with van der Waals surface area (Å²) in [4.78, 5) is 72.5. The SMILES string of the molecule is CCCCCCCCCCCCCCCCCC(=O)O[C@H](COC(=O)CCCCCCCCCCCCC(C)CC)COP(=O)(O)OC[C@@H](O)COP(=O)(O)OC[C@@H](COC(=O)CCCCCCCCCC)OC(=O)CCCCCCCCCCCCC(C)C. The lowest BCUT2D eigenvalue weighted by Gasteiger charge is -2.21. The Bertz CT molecular complexity index is 1750. The molecule has 6 atom stereocenters. The van der Waals surface area contributed by atoms with Crippen LogP contribution in [0.3, 0.4) is 0 Å². The summed E-state index contributed by atoms with van der Waals surface area (Å²) in [5.41, 5.74) is 0. The number of aliphatic hydroxyl groups excluding tert-OH is 1. The number of phosphoric acid groups is 2. The molecular weight excluding hydrogens is 1190 g/mol. The second kappa shape index (κ2) is 63.1. The Morgan fingerprint density at radius 2 is 0.567 bits per heavy atom. The molecule has 0 amide bonds. The third-order valence-electron chi connectivity index (χ3n) is 16.8. The fourth-order valence-corrected chi connectivity index (χ4v) is 12.3. The maximum Gasteiger partial charge on any atom is 0.472 e. The van der Waals surface area contributed by atoms with Crippen LogP contribution >= 0.6 is 15.6 Å². The highest BCUT2D eigenvalue weighted by atomic mass is 31.2. The average molecular weight is 1330 g/mol. The summed E-state index contributed by atoms with van der Waals surface area (Å²) < 4.78 is 68.3. The van der Waals surface area contributed by atoms with Crippen molar-refractivity contribution in [3.05, 3.63) is 0 Å². The number of unbranched alkanes of at least 4 members (excludes halogenated alkanes) is 39. The van der Waals surface area contributed by atoms with Crippen molar-refractivity contribution in [2.75, 3.05) is 39.6 Å². The summed E-state index contributed by atoms with van der Waals surface area (Å²) in [5, 5.41) is 10.6. The summed E-state index contributed by atoms with van der Waals surface area (Å²) in [5.74, 6) is -0.562. The summed E-state index contributed by atoms with van der Waals surface area (Å²) in [6.45, 7) is 9.55. The quantitative estimate of drug-likeness (QED) is 0.0222. The molecule has 0 fully saturated rings. The van der Waals surface area contributed by atoms with Gasteiger partial charge in [0.2, 0.25) is 0 Å². The van der Waals surface area contributed by atoms with Crippen molar-refractivity contribution in [2.24, 2.45) is 11.8 Å². The van der Waals surface area contributed by atoms with E-state index in [1.54, 1.807) is 0 Å². The van der Waals surface area contributed by atoms with Crippen molar-refractivity contribution in [3.63, 3.8) is 0 Å². The highest BCUT2D eigenvalue weighted by Crippen LogP contribution is 2.45. The topological polar surface area (TPSA) is 237 Å². The van der Waals surface area contributed by atoms with Gasteiger partial charge in [-0.25, -0.2) is 9.13 Å². The van der Waals surface area contributed by atoms with E-state index in [4.69, 9.17) is 37.0 Å². The van der Waals surface area contributed by atoms with Gasteiger partial charge < -0.3 is 33.8 Å². The molecule has 19 heteroatoms. The summed E-state index contributed by atoms with van der Waals surface area (Å²) in [7, 11) is -9.90. The molecule has 534 valence electrons. The van der Waals surface area contributed by atoms with Gasteiger partial charge >= 0.3 is 39.5 Å². The van der Waals surface area contributed by atoms with Crippen LogP contribution in [-0.4, -0.2) is 96.7 Å². The van der Waals surface area contributed by atoms with Gasteiger partial charge in [0, 0.05) is 25.7 Å². The predicted molar refractivity (Wildman–Crippen MR) is 363 cm³/mol. The highest BCUT2D eigenvalue weighted by molar-refractivity contribution is 7.47. The lowest BCUT2D eigenvalue weighted by Crippen LogP contribution is -2.30. The molecule has 0 radical (unpaired) electrons. The highest BCUT2D eigenvalue weighted by Gasteiger charge is 2.30. The molecule has 0 saturated heterocycles. The van der Waals surface area contributed by atoms with E-state index in [9.17, 15) is 43.2 Å². The van der Waals surface area contributed by atoms with Crippen molar-refractivity contribution < 1.29 is 80.2 Å². The average Bonchev–Trinajstić information content (AvgIpc) is 3.71. The molecule has 17 nitrogen and oxygen atoms in total. The first-order chi connectivity index (χ1) is 43.4. The zero-order valence-corrected chi connectivity index (χ0v) is 60.2. The maximum atomic E-state index is 13.0. The van der Waals surface area contributed by atoms with Crippen LogP contribution in [0.5, 0.6) is 0 Å². The van der Waals surface area contributed by atoms with Gasteiger partial charge in [0.05, 0.1) is 26.4 Å². The Hall–Kier alpha value is -1.94.